The Labute approximate surface area is 175 Å². The molecule has 0 spiro atoms. The van der Waals surface area contributed by atoms with E-state index in [-0.39, 0.29) is 30.0 Å². The van der Waals surface area contributed by atoms with Gasteiger partial charge in [-0.25, -0.2) is 0 Å². The predicted octanol–water partition coefficient (Wildman–Crippen LogP) is 3.26. The number of aliphatic imine (C=N–C) groups is 1. The fourth-order valence-corrected chi connectivity index (χ4v) is 3.02. The summed E-state index contributed by atoms with van der Waals surface area (Å²) in [6.07, 6.45) is 5.38. The zero-order chi connectivity index (χ0) is 17.9. The van der Waals surface area contributed by atoms with E-state index >= 15 is 0 Å². The third-order valence-corrected chi connectivity index (χ3v) is 4.52. The van der Waals surface area contributed by atoms with E-state index < -0.39 is 0 Å². The Kier molecular flexibility index (Phi) is 12.0. The molecule has 0 saturated carbocycles. The summed E-state index contributed by atoms with van der Waals surface area (Å²) in [7, 11) is 1.80. The molecule has 2 N–H and O–H groups in total. The van der Waals surface area contributed by atoms with Crippen LogP contribution in [0.2, 0.25) is 0 Å². The van der Waals surface area contributed by atoms with E-state index in [0.717, 1.165) is 50.9 Å². The van der Waals surface area contributed by atoms with Gasteiger partial charge in [0.15, 0.2) is 5.96 Å². The van der Waals surface area contributed by atoms with Gasteiger partial charge in [0.1, 0.15) is 5.76 Å². The molecule has 1 aliphatic heterocycles. The number of hydrogen-bond donors (Lipinski definition) is 2. The highest BCUT2D eigenvalue weighted by molar-refractivity contribution is 14.0. The van der Waals surface area contributed by atoms with Crippen LogP contribution in [0.3, 0.4) is 0 Å². The van der Waals surface area contributed by atoms with Crippen molar-refractivity contribution in [2.45, 2.75) is 39.2 Å². The molecule has 26 heavy (non-hydrogen) atoms. The monoisotopic (exact) mass is 478 g/mol. The van der Waals surface area contributed by atoms with Crippen molar-refractivity contribution in [1.82, 2.24) is 15.5 Å². The van der Waals surface area contributed by atoms with Crippen molar-refractivity contribution in [3.8, 4) is 0 Å². The highest BCUT2D eigenvalue weighted by atomic mass is 127. The average molecular weight is 478 g/mol. The van der Waals surface area contributed by atoms with Gasteiger partial charge in [-0.05, 0) is 50.4 Å². The lowest BCUT2D eigenvalue weighted by atomic mass is 10.1. The van der Waals surface area contributed by atoms with Crippen LogP contribution in [0.5, 0.6) is 0 Å². The molecular formula is C19H35IN4O2. The van der Waals surface area contributed by atoms with Gasteiger partial charge in [0, 0.05) is 26.7 Å². The molecule has 2 heterocycles. The van der Waals surface area contributed by atoms with Gasteiger partial charge in [0.2, 0.25) is 0 Å². The lowest BCUT2D eigenvalue weighted by Gasteiger charge is -2.26. The maximum Gasteiger partial charge on any atom is 0.191 e. The van der Waals surface area contributed by atoms with Gasteiger partial charge in [-0.2, -0.15) is 0 Å². The van der Waals surface area contributed by atoms with Gasteiger partial charge >= 0.3 is 0 Å². The van der Waals surface area contributed by atoms with E-state index in [1.807, 2.05) is 6.07 Å². The maximum absolute atomic E-state index is 5.66. The zero-order valence-corrected chi connectivity index (χ0v) is 18.7. The number of nitrogens with one attached hydrogen (secondary N) is 2. The van der Waals surface area contributed by atoms with Gasteiger partial charge in [0.05, 0.1) is 18.9 Å². The second-order valence-corrected chi connectivity index (χ2v) is 6.95. The van der Waals surface area contributed by atoms with Crippen molar-refractivity contribution in [2.24, 2.45) is 10.9 Å². The molecular weight excluding hydrogens is 443 g/mol. The van der Waals surface area contributed by atoms with E-state index in [1.54, 1.807) is 13.3 Å². The molecule has 1 fully saturated rings. The van der Waals surface area contributed by atoms with Crippen LogP contribution in [0.4, 0.5) is 0 Å². The van der Waals surface area contributed by atoms with Crippen LogP contribution in [0.25, 0.3) is 0 Å². The van der Waals surface area contributed by atoms with Crippen LogP contribution in [0.1, 0.15) is 44.9 Å². The van der Waals surface area contributed by atoms with Crippen LogP contribution < -0.4 is 10.6 Å². The van der Waals surface area contributed by atoms with E-state index in [1.165, 1.54) is 12.8 Å². The lowest BCUT2D eigenvalue weighted by molar-refractivity contribution is 0.128. The first-order valence-electron chi connectivity index (χ1n) is 9.50. The Balaban J connectivity index is 0.00000338. The minimum Gasteiger partial charge on any atom is -0.468 e. The van der Waals surface area contributed by atoms with Crippen LogP contribution in [0.15, 0.2) is 27.8 Å². The fraction of sp³-hybridized carbons (Fsp3) is 0.737. The molecule has 0 amide bonds. The van der Waals surface area contributed by atoms with Crippen molar-refractivity contribution >= 4 is 29.9 Å². The largest absolute Gasteiger partial charge is 0.468 e. The standard InChI is InChI=1S/C19H34N4O2.HI/c1-16(2)8-13-24-14-9-21-19(20-3)22-15-17(18-7-6-12-25-18)23-10-4-5-11-23;/h6-7,12,16-17H,4-5,8-11,13-15H2,1-3H3,(H2,20,21,22);1H. The molecule has 1 unspecified atom stereocenters. The molecule has 1 aliphatic rings. The highest BCUT2D eigenvalue weighted by Crippen LogP contribution is 2.24. The van der Waals surface area contributed by atoms with Crippen molar-refractivity contribution in [1.29, 1.82) is 0 Å². The summed E-state index contributed by atoms with van der Waals surface area (Å²) in [5.74, 6) is 2.51. The summed E-state index contributed by atoms with van der Waals surface area (Å²) in [5.41, 5.74) is 0. The van der Waals surface area contributed by atoms with E-state index in [9.17, 15) is 0 Å². The van der Waals surface area contributed by atoms with E-state index in [2.05, 4.69) is 40.4 Å². The summed E-state index contributed by atoms with van der Waals surface area (Å²) >= 11 is 0. The summed E-state index contributed by atoms with van der Waals surface area (Å²) in [5, 5.41) is 6.74. The van der Waals surface area contributed by atoms with Gasteiger partial charge < -0.3 is 19.8 Å². The Morgan fingerprint density at radius 3 is 2.65 bits per heavy atom. The molecule has 0 aromatic carbocycles. The minimum atomic E-state index is 0. The highest BCUT2D eigenvalue weighted by Gasteiger charge is 2.25. The first-order valence-corrected chi connectivity index (χ1v) is 9.50. The Morgan fingerprint density at radius 2 is 2.04 bits per heavy atom. The number of guanidine groups is 1. The number of rotatable bonds is 10. The van der Waals surface area contributed by atoms with Crippen LogP contribution >= 0.6 is 24.0 Å². The summed E-state index contributed by atoms with van der Waals surface area (Å²) in [6.45, 7) is 9.73. The van der Waals surface area contributed by atoms with Gasteiger partial charge in [-0.1, -0.05) is 13.8 Å². The molecule has 1 atom stereocenters. The first-order chi connectivity index (χ1) is 12.2. The number of furan rings is 1. The van der Waals surface area contributed by atoms with Crippen molar-refractivity contribution in [3.63, 3.8) is 0 Å². The lowest BCUT2D eigenvalue weighted by Crippen LogP contribution is -2.43. The quantitative estimate of drug-likeness (QED) is 0.234. The minimum absolute atomic E-state index is 0. The molecule has 2 rings (SSSR count). The third kappa shape index (κ3) is 8.26. The molecule has 1 saturated heterocycles. The van der Waals surface area contributed by atoms with Crippen LogP contribution in [-0.4, -0.2) is 57.3 Å². The number of hydrogen-bond acceptors (Lipinski definition) is 4. The molecule has 0 radical (unpaired) electrons. The summed E-state index contributed by atoms with van der Waals surface area (Å²) in [4.78, 5) is 6.78. The van der Waals surface area contributed by atoms with Crippen LogP contribution in [-0.2, 0) is 4.74 Å². The number of likely N-dealkylation sites (tertiary alicyclic amines) is 1. The SMILES string of the molecule is CN=C(NCCOCCC(C)C)NCC(c1ccco1)N1CCCC1.I. The van der Waals surface area contributed by atoms with Gasteiger partial charge in [-0.15, -0.1) is 24.0 Å². The molecule has 6 nitrogen and oxygen atoms in total. The topological polar surface area (TPSA) is 62.0 Å². The second kappa shape index (κ2) is 13.4. The smallest absolute Gasteiger partial charge is 0.191 e. The zero-order valence-electron chi connectivity index (χ0n) is 16.4. The van der Waals surface area contributed by atoms with Crippen molar-refractivity contribution in [2.75, 3.05) is 46.4 Å². The normalized spacial score (nSPS) is 16.5. The fourth-order valence-electron chi connectivity index (χ4n) is 3.02. The second-order valence-electron chi connectivity index (χ2n) is 6.95. The third-order valence-electron chi connectivity index (χ3n) is 4.52. The van der Waals surface area contributed by atoms with Gasteiger partial charge in [-0.3, -0.25) is 9.89 Å². The molecule has 7 heteroatoms. The molecule has 1 aromatic heterocycles. The predicted molar refractivity (Wildman–Crippen MR) is 117 cm³/mol. The summed E-state index contributed by atoms with van der Waals surface area (Å²) < 4.78 is 11.3. The average Bonchev–Trinajstić information content (AvgIpc) is 3.30. The van der Waals surface area contributed by atoms with Crippen molar-refractivity contribution < 1.29 is 9.15 Å². The summed E-state index contributed by atoms with van der Waals surface area (Å²) in [6, 6.07) is 4.27. The number of nitrogens with zero attached hydrogens (tertiary/aromatic N) is 2. The number of halogens is 1. The maximum atomic E-state index is 5.66. The van der Waals surface area contributed by atoms with Crippen molar-refractivity contribution in [3.05, 3.63) is 24.2 Å². The van der Waals surface area contributed by atoms with E-state index in [4.69, 9.17) is 9.15 Å². The Bertz CT molecular complexity index is 488. The number of ether oxygens (including phenoxy) is 1. The van der Waals surface area contributed by atoms with Gasteiger partial charge in [0.25, 0.3) is 0 Å². The Hall–Kier alpha value is -0.800. The molecule has 1 aromatic rings. The Morgan fingerprint density at radius 1 is 1.27 bits per heavy atom. The van der Waals surface area contributed by atoms with E-state index in [0.29, 0.717) is 12.5 Å². The molecule has 150 valence electrons. The molecule has 0 aliphatic carbocycles. The van der Waals surface area contributed by atoms with Crippen LogP contribution in [0, 0.1) is 5.92 Å². The molecule has 0 bridgehead atoms. The first kappa shape index (κ1) is 23.2.